The summed E-state index contributed by atoms with van der Waals surface area (Å²) in [6.45, 7) is 28.1. The van der Waals surface area contributed by atoms with E-state index in [1.54, 1.807) is 0 Å². The third-order valence-electron chi connectivity index (χ3n) is 25.4. The Morgan fingerprint density at radius 1 is 0.277 bits per heavy atom. The van der Waals surface area contributed by atoms with E-state index in [0.29, 0.717) is 37.0 Å². The van der Waals surface area contributed by atoms with Gasteiger partial charge in [0.25, 0.3) is 0 Å². The van der Waals surface area contributed by atoms with Crippen LogP contribution in [0.3, 0.4) is 0 Å². The van der Waals surface area contributed by atoms with Crippen LogP contribution >= 0.6 is 0 Å². The largest absolute Gasteiger partial charge is 0.312 e. The first-order valence-corrected chi connectivity index (χ1v) is 42.1. The first kappa shape index (κ1) is 82.6. The summed E-state index contributed by atoms with van der Waals surface area (Å²) in [4.78, 5) is 62.1. The van der Waals surface area contributed by atoms with Gasteiger partial charge in [0.15, 0.2) is 0 Å². The molecule has 9 aromatic carbocycles. The highest BCUT2D eigenvalue weighted by atomic mass is 16.2. The summed E-state index contributed by atoms with van der Waals surface area (Å²) in [5.74, 6) is 2.53. The number of rotatable bonds is 30. The number of fused-ring (bicyclic) bond motifs is 3. The molecule has 4 unspecified atom stereocenters. The van der Waals surface area contributed by atoms with Crippen LogP contribution in [0.5, 0.6) is 0 Å². The predicted molar refractivity (Wildman–Crippen MR) is 465 cm³/mol. The maximum atomic E-state index is 13.3. The Kier molecular flexibility index (Phi) is 30.4. The monoisotopic (exact) mass is 1500 g/mol. The van der Waals surface area contributed by atoms with Crippen LogP contribution in [0.25, 0.3) is 0 Å². The average Bonchev–Trinajstić information content (AvgIpc) is 1.62. The minimum atomic E-state index is 0. The second-order valence-corrected chi connectivity index (χ2v) is 33.0. The number of carbonyl (C=O) groups excluding carboxylic acids is 3. The first-order chi connectivity index (χ1) is 54.4. The van der Waals surface area contributed by atoms with Crippen LogP contribution in [0.1, 0.15) is 100 Å². The van der Waals surface area contributed by atoms with Crippen LogP contribution in [-0.2, 0) is 52.9 Å². The number of anilines is 3. The lowest BCUT2D eigenvalue weighted by Gasteiger charge is -2.46. The second-order valence-electron chi connectivity index (χ2n) is 33.0. The van der Waals surface area contributed by atoms with E-state index in [1.807, 2.05) is 75.4 Å². The Hall–Kier alpha value is -8.85. The molecule has 6 aliphatic rings. The highest BCUT2D eigenvalue weighted by molar-refractivity contribution is 5.94. The summed E-state index contributed by atoms with van der Waals surface area (Å²) in [5.41, 5.74) is 11.8. The lowest BCUT2D eigenvalue weighted by molar-refractivity contribution is -0.119. The summed E-state index contributed by atoms with van der Waals surface area (Å²) in [6.07, 6.45) is 11.7. The van der Waals surface area contributed by atoms with Gasteiger partial charge in [-0.15, -0.1) is 0 Å². The van der Waals surface area contributed by atoms with Gasteiger partial charge in [-0.05, 0) is 165 Å². The summed E-state index contributed by atoms with van der Waals surface area (Å²) < 4.78 is 0. The number of nitrogens with zero attached hydrogens (tertiary/aromatic N) is 9. The number of hydrogen-bond donors (Lipinski definition) is 0. The molecule has 0 bridgehead atoms. The lowest BCUT2D eigenvalue weighted by Crippen LogP contribution is -2.55. The minimum Gasteiger partial charge on any atom is -0.312 e. The number of hydrogen-bond acceptors (Lipinski definition) is 9. The summed E-state index contributed by atoms with van der Waals surface area (Å²) in [6, 6.07) is 96.0. The van der Waals surface area contributed by atoms with Crippen molar-refractivity contribution in [2.45, 2.75) is 105 Å². The maximum Gasteiger partial charge on any atom is 0.226 e. The number of piperidine rings is 3. The first-order valence-electron chi connectivity index (χ1n) is 42.1. The zero-order valence-corrected chi connectivity index (χ0v) is 66.8. The van der Waals surface area contributed by atoms with E-state index < -0.39 is 0 Å². The molecule has 6 atom stereocenters. The van der Waals surface area contributed by atoms with Gasteiger partial charge in [0, 0.05) is 170 Å². The molecule has 0 saturated carbocycles. The van der Waals surface area contributed by atoms with Gasteiger partial charge in [-0.1, -0.05) is 265 Å². The number of amides is 3. The molecule has 3 amide bonds. The molecule has 6 heterocycles. The van der Waals surface area contributed by atoms with Gasteiger partial charge in [-0.25, -0.2) is 0 Å². The van der Waals surface area contributed by atoms with Crippen molar-refractivity contribution in [2.75, 3.05) is 152 Å². The van der Waals surface area contributed by atoms with E-state index in [2.05, 4.69) is 262 Å². The van der Waals surface area contributed by atoms with E-state index >= 15 is 0 Å². The van der Waals surface area contributed by atoms with E-state index in [-0.39, 0.29) is 41.4 Å². The Balaban J connectivity index is 0.000000155. The highest BCUT2D eigenvalue weighted by Gasteiger charge is 2.54. The van der Waals surface area contributed by atoms with Crippen molar-refractivity contribution in [3.05, 3.63) is 306 Å². The smallest absolute Gasteiger partial charge is 0.226 e. The Morgan fingerprint density at radius 3 is 0.652 bits per heavy atom. The van der Waals surface area contributed by atoms with Crippen LogP contribution < -0.4 is 14.7 Å². The van der Waals surface area contributed by atoms with Crippen molar-refractivity contribution in [1.29, 1.82) is 0 Å². The number of para-hydroxylation sites is 3. The molecule has 0 radical (unpaired) electrons. The predicted octanol–water partition coefficient (Wildman–Crippen LogP) is 17.3. The van der Waals surface area contributed by atoms with Crippen LogP contribution in [0.4, 0.5) is 17.1 Å². The molecule has 0 aliphatic carbocycles. The Morgan fingerprint density at radius 2 is 0.455 bits per heavy atom. The molecule has 0 N–H and O–H groups in total. The summed E-state index contributed by atoms with van der Waals surface area (Å²) >= 11 is 0. The van der Waals surface area contributed by atoms with Gasteiger partial charge in [0.2, 0.25) is 17.7 Å². The van der Waals surface area contributed by atoms with Crippen molar-refractivity contribution in [3.8, 4) is 0 Å². The van der Waals surface area contributed by atoms with Gasteiger partial charge in [0.05, 0.1) is 0 Å². The molecule has 6 saturated heterocycles. The van der Waals surface area contributed by atoms with Crippen molar-refractivity contribution in [2.24, 2.45) is 34.0 Å². The molecule has 12 heteroatoms. The molecule has 12 nitrogen and oxygen atoms in total. The molecule has 112 heavy (non-hydrogen) atoms. The van der Waals surface area contributed by atoms with Gasteiger partial charge in [0.1, 0.15) is 0 Å². The van der Waals surface area contributed by atoms with Gasteiger partial charge in [-0.2, -0.15) is 0 Å². The van der Waals surface area contributed by atoms with E-state index in [9.17, 15) is 14.4 Å². The highest BCUT2D eigenvalue weighted by Crippen LogP contribution is 2.47. The fraction of sp³-hybridized carbons (Fsp3) is 0.430. The van der Waals surface area contributed by atoms with E-state index in [0.717, 1.165) is 193 Å². The van der Waals surface area contributed by atoms with Gasteiger partial charge < -0.3 is 44.1 Å². The molecular weight excluding hydrogens is 1380 g/mol. The third kappa shape index (κ3) is 22.3. The third-order valence-corrected chi connectivity index (χ3v) is 25.4. The molecule has 590 valence electrons. The molecular formula is C100H127N9O3. The van der Waals surface area contributed by atoms with Crippen LogP contribution in [0.2, 0.25) is 0 Å². The molecule has 0 aromatic heterocycles. The summed E-state index contributed by atoms with van der Waals surface area (Å²) in [5, 5.41) is 0. The standard InChI is InChI=1S/3C33H41N3O.CH4/c3*1-2-32(37)36(31-16-10-5-11-17-31)27-33-25-34(21-18-28-12-6-3-7-13-28)23-20-30(33)24-35(26-33)22-19-29-14-8-4-9-15-29;/h3*3-17,30H,2,18-27H2,1H3;1H4/t2*30?,33-;;/m10../s1. The Labute approximate surface area is 672 Å². The number of likely N-dealkylation sites (tertiary alicyclic amines) is 6. The van der Waals surface area contributed by atoms with Crippen LogP contribution in [0.15, 0.2) is 273 Å². The zero-order chi connectivity index (χ0) is 76.5. The number of carbonyl (C=O) groups is 3. The molecule has 15 rings (SSSR count). The average molecular weight is 1500 g/mol. The maximum absolute atomic E-state index is 13.3. The van der Waals surface area contributed by atoms with E-state index in [1.165, 1.54) is 52.6 Å². The zero-order valence-electron chi connectivity index (χ0n) is 66.8. The summed E-state index contributed by atoms with van der Waals surface area (Å²) in [7, 11) is 0. The Bertz CT molecular complexity index is 3670. The van der Waals surface area contributed by atoms with Gasteiger partial charge >= 0.3 is 0 Å². The normalized spacial score (nSPS) is 21.8. The fourth-order valence-corrected chi connectivity index (χ4v) is 19.4. The van der Waals surface area contributed by atoms with Gasteiger partial charge in [-0.3, -0.25) is 14.4 Å². The lowest BCUT2D eigenvalue weighted by atomic mass is 9.72. The topological polar surface area (TPSA) is 80.4 Å². The SMILES string of the molecule is C.CCC(=O)N(CC12CN(CCc3ccccc3)CCC1CN(CCc1ccccc1)C2)c1ccccc1.CCC(=O)N(C[C@@]12CN(CCc3ccccc3)CCC1CN(CCc1ccccc1)C2)c1ccccc1.CCC(=O)N(C[C@]12CN(CCc3ccccc3)CCC1CN(CCc1ccccc1)C2)c1ccccc1. The molecule has 6 aliphatic heterocycles. The van der Waals surface area contributed by atoms with Crippen molar-refractivity contribution in [3.63, 3.8) is 0 Å². The van der Waals surface area contributed by atoms with Crippen molar-refractivity contribution >= 4 is 34.8 Å². The quantitative estimate of drug-likeness (QED) is 0.0437. The molecule has 0 spiro atoms. The van der Waals surface area contributed by atoms with Crippen LogP contribution in [0, 0.1) is 34.0 Å². The molecule has 6 fully saturated rings. The van der Waals surface area contributed by atoms with Crippen molar-refractivity contribution < 1.29 is 14.4 Å². The van der Waals surface area contributed by atoms with Crippen molar-refractivity contribution in [1.82, 2.24) is 29.4 Å². The minimum absolute atomic E-state index is 0. The molecule has 9 aromatic rings. The van der Waals surface area contributed by atoms with Crippen LogP contribution in [-0.4, -0.2) is 185 Å². The fourth-order valence-electron chi connectivity index (χ4n) is 19.4. The van der Waals surface area contributed by atoms with E-state index in [4.69, 9.17) is 0 Å². The number of benzene rings is 9. The second kappa shape index (κ2) is 41.3.